The Bertz CT molecular complexity index is 346. The van der Waals surface area contributed by atoms with E-state index >= 15 is 0 Å². The Morgan fingerprint density at radius 2 is 2.14 bits per heavy atom. The Balaban J connectivity index is 2.13. The Kier molecular flexibility index (Phi) is 2.53. The van der Waals surface area contributed by atoms with Crippen LogP contribution >= 0.6 is 0 Å². The largest absolute Gasteiger partial charge is 0.334 e. The molecule has 0 unspecified atom stereocenters. The van der Waals surface area contributed by atoms with Crippen LogP contribution in [0.5, 0.6) is 0 Å². The van der Waals surface area contributed by atoms with Gasteiger partial charge in [0.05, 0.1) is 0 Å². The molecule has 0 aromatic heterocycles. The molecule has 2 nitrogen and oxygen atoms in total. The lowest BCUT2D eigenvalue weighted by atomic mass is 10.1. The second kappa shape index (κ2) is 3.82. The maximum atomic E-state index is 11.8. The van der Waals surface area contributed by atoms with E-state index in [1.807, 2.05) is 29.2 Å². The zero-order valence-electron chi connectivity index (χ0n) is 8.49. The summed E-state index contributed by atoms with van der Waals surface area (Å²) in [6, 6.07) is 7.89. The molecule has 0 saturated carbocycles. The molecule has 1 amide bonds. The summed E-state index contributed by atoms with van der Waals surface area (Å²) in [6.45, 7) is 3.84. The smallest absolute Gasteiger partial charge is 0.254 e. The first-order chi connectivity index (χ1) is 6.83. The first-order valence-corrected chi connectivity index (χ1v) is 5.20. The minimum absolute atomic E-state index is 0.203. The molecule has 0 atom stereocenters. The molecule has 14 heavy (non-hydrogen) atoms. The number of carbonyl (C=O) groups is 1. The van der Waals surface area contributed by atoms with Crippen LogP contribution in [-0.2, 0) is 6.54 Å². The molecule has 0 fully saturated rings. The number of benzene rings is 1. The van der Waals surface area contributed by atoms with Crippen LogP contribution in [0.25, 0.3) is 0 Å². The summed E-state index contributed by atoms with van der Waals surface area (Å²) in [5, 5.41) is 0. The lowest BCUT2D eigenvalue weighted by molar-refractivity contribution is 0.0776. The monoisotopic (exact) mass is 189 g/mol. The van der Waals surface area contributed by atoms with Gasteiger partial charge in [-0.25, -0.2) is 0 Å². The predicted molar refractivity (Wildman–Crippen MR) is 56.1 cm³/mol. The number of hydrogen-bond acceptors (Lipinski definition) is 1. The van der Waals surface area contributed by atoms with E-state index in [1.165, 1.54) is 5.56 Å². The number of unbranched alkanes of at least 4 members (excludes halogenated alkanes) is 1. The first kappa shape index (κ1) is 9.25. The van der Waals surface area contributed by atoms with Gasteiger partial charge in [0.15, 0.2) is 0 Å². The molecule has 0 spiro atoms. The maximum absolute atomic E-state index is 11.8. The molecule has 0 bridgehead atoms. The highest BCUT2D eigenvalue weighted by molar-refractivity contribution is 5.98. The molecule has 0 radical (unpaired) electrons. The van der Waals surface area contributed by atoms with Crippen molar-refractivity contribution in [1.29, 1.82) is 0 Å². The van der Waals surface area contributed by atoms with E-state index in [-0.39, 0.29) is 5.91 Å². The van der Waals surface area contributed by atoms with Gasteiger partial charge in [0.25, 0.3) is 5.91 Å². The van der Waals surface area contributed by atoms with Crippen molar-refractivity contribution >= 4 is 5.91 Å². The van der Waals surface area contributed by atoms with Crippen molar-refractivity contribution in [3.63, 3.8) is 0 Å². The van der Waals surface area contributed by atoms with Gasteiger partial charge in [-0.2, -0.15) is 0 Å². The van der Waals surface area contributed by atoms with Crippen LogP contribution in [0, 0.1) is 0 Å². The van der Waals surface area contributed by atoms with Gasteiger partial charge in [0.1, 0.15) is 0 Å². The van der Waals surface area contributed by atoms with E-state index in [4.69, 9.17) is 0 Å². The van der Waals surface area contributed by atoms with Gasteiger partial charge in [-0.3, -0.25) is 4.79 Å². The van der Waals surface area contributed by atoms with Crippen molar-refractivity contribution in [1.82, 2.24) is 4.90 Å². The minimum Gasteiger partial charge on any atom is -0.334 e. The molecule has 0 saturated heterocycles. The van der Waals surface area contributed by atoms with Gasteiger partial charge in [-0.05, 0) is 18.1 Å². The average Bonchev–Trinajstić information content (AvgIpc) is 2.54. The molecule has 1 aliphatic heterocycles. The molecule has 1 aliphatic rings. The van der Waals surface area contributed by atoms with Crippen LogP contribution in [0.4, 0.5) is 0 Å². The van der Waals surface area contributed by atoms with Gasteiger partial charge in [0.2, 0.25) is 0 Å². The second-order valence-electron chi connectivity index (χ2n) is 3.74. The lowest BCUT2D eigenvalue weighted by Gasteiger charge is -2.14. The van der Waals surface area contributed by atoms with E-state index in [9.17, 15) is 4.79 Å². The van der Waals surface area contributed by atoms with Gasteiger partial charge < -0.3 is 4.90 Å². The number of fused-ring (bicyclic) bond motifs is 1. The molecule has 74 valence electrons. The van der Waals surface area contributed by atoms with Crippen LogP contribution in [0.1, 0.15) is 35.7 Å². The fourth-order valence-corrected chi connectivity index (χ4v) is 1.84. The summed E-state index contributed by atoms with van der Waals surface area (Å²) < 4.78 is 0. The number of amides is 1. The summed E-state index contributed by atoms with van der Waals surface area (Å²) in [6.07, 6.45) is 2.24. The maximum Gasteiger partial charge on any atom is 0.254 e. The summed E-state index contributed by atoms with van der Waals surface area (Å²) >= 11 is 0. The average molecular weight is 189 g/mol. The molecular weight excluding hydrogens is 174 g/mol. The minimum atomic E-state index is 0.203. The van der Waals surface area contributed by atoms with E-state index in [0.29, 0.717) is 0 Å². The highest BCUT2D eigenvalue weighted by atomic mass is 16.2. The van der Waals surface area contributed by atoms with E-state index in [2.05, 4.69) is 6.92 Å². The lowest BCUT2D eigenvalue weighted by Crippen LogP contribution is -2.24. The number of nitrogens with zero attached hydrogens (tertiary/aromatic N) is 1. The number of carbonyl (C=O) groups excluding carboxylic acids is 1. The van der Waals surface area contributed by atoms with Crippen LogP contribution in [0.15, 0.2) is 24.3 Å². The summed E-state index contributed by atoms with van der Waals surface area (Å²) in [7, 11) is 0. The molecule has 2 heteroatoms. The fourth-order valence-electron chi connectivity index (χ4n) is 1.84. The van der Waals surface area contributed by atoms with Crippen molar-refractivity contribution in [2.75, 3.05) is 6.54 Å². The summed E-state index contributed by atoms with van der Waals surface area (Å²) in [5.74, 6) is 0.203. The van der Waals surface area contributed by atoms with Gasteiger partial charge in [0, 0.05) is 18.7 Å². The van der Waals surface area contributed by atoms with Crippen molar-refractivity contribution < 1.29 is 4.79 Å². The van der Waals surface area contributed by atoms with Crippen LogP contribution in [0.3, 0.4) is 0 Å². The summed E-state index contributed by atoms with van der Waals surface area (Å²) in [5.41, 5.74) is 2.07. The zero-order valence-corrected chi connectivity index (χ0v) is 8.49. The molecule has 1 aromatic rings. The SMILES string of the molecule is CCCCN1Cc2ccccc2C1=O. The third-order valence-corrected chi connectivity index (χ3v) is 2.68. The second-order valence-corrected chi connectivity index (χ2v) is 3.74. The third-order valence-electron chi connectivity index (χ3n) is 2.68. The third kappa shape index (κ3) is 1.52. The van der Waals surface area contributed by atoms with Crippen molar-refractivity contribution in [3.8, 4) is 0 Å². The van der Waals surface area contributed by atoms with Crippen molar-refractivity contribution in [3.05, 3.63) is 35.4 Å². The Morgan fingerprint density at radius 3 is 2.86 bits per heavy atom. The predicted octanol–water partition coefficient (Wildman–Crippen LogP) is 2.44. The molecule has 0 aliphatic carbocycles. The van der Waals surface area contributed by atoms with Gasteiger partial charge in [-0.15, -0.1) is 0 Å². The molecular formula is C12H15NO. The van der Waals surface area contributed by atoms with Crippen molar-refractivity contribution in [2.24, 2.45) is 0 Å². The fraction of sp³-hybridized carbons (Fsp3) is 0.417. The van der Waals surface area contributed by atoms with E-state index < -0.39 is 0 Å². The summed E-state index contributed by atoms with van der Waals surface area (Å²) in [4.78, 5) is 13.8. The topological polar surface area (TPSA) is 20.3 Å². The standard InChI is InChI=1S/C12H15NO/c1-2-3-8-13-9-10-6-4-5-7-11(10)12(13)14/h4-7H,2-3,8-9H2,1H3. The Morgan fingerprint density at radius 1 is 1.36 bits per heavy atom. The highest BCUT2D eigenvalue weighted by Gasteiger charge is 2.25. The molecule has 2 rings (SSSR count). The van der Waals surface area contributed by atoms with Crippen LogP contribution in [0.2, 0.25) is 0 Å². The quantitative estimate of drug-likeness (QED) is 0.715. The van der Waals surface area contributed by atoms with Crippen molar-refractivity contribution in [2.45, 2.75) is 26.3 Å². The Hall–Kier alpha value is -1.31. The van der Waals surface area contributed by atoms with Gasteiger partial charge in [-0.1, -0.05) is 31.5 Å². The van der Waals surface area contributed by atoms with E-state index in [0.717, 1.165) is 31.5 Å². The number of rotatable bonds is 3. The Labute approximate surface area is 84.5 Å². The molecule has 1 heterocycles. The zero-order chi connectivity index (χ0) is 9.97. The first-order valence-electron chi connectivity index (χ1n) is 5.20. The highest BCUT2D eigenvalue weighted by Crippen LogP contribution is 2.22. The normalized spacial score (nSPS) is 14.6. The van der Waals surface area contributed by atoms with Gasteiger partial charge >= 0.3 is 0 Å². The molecule has 1 aromatic carbocycles. The number of hydrogen-bond donors (Lipinski definition) is 0. The van der Waals surface area contributed by atoms with Crippen LogP contribution < -0.4 is 0 Å². The molecule has 0 N–H and O–H groups in total. The van der Waals surface area contributed by atoms with Crippen LogP contribution in [-0.4, -0.2) is 17.4 Å². The van der Waals surface area contributed by atoms with E-state index in [1.54, 1.807) is 0 Å².